The summed E-state index contributed by atoms with van der Waals surface area (Å²) in [5, 5.41) is 13.4. The predicted molar refractivity (Wildman–Crippen MR) is 212 cm³/mol. The predicted octanol–water partition coefficient (Wildman–Crippen LogP) is 6.31. The smallest absolute Gasteiger partial charge is 0.262 e. The number of hydrogen-bond acceptors (Lipinski definition) is 7. The number of piperidine rings is 1. The van der Waals surface area contributed by atoms with Crippen LogP contribution in [-0.2, 0) is 21.5 Å². The van der Waals surface area contributed by atoms with E-state index in [9.17, 15) is 14.1 Å². The average molecular weight is 751 g/mol. The number of nitrogens with zero attached hydrogens (tertiary/aromatic N) is 3. The van der Waals surface area contributed by atoms with Gasteiger partial charge in [-0.25, -0.2) is 4.21 Å². The van der Waals surface area contributed by atoms with Gasteiger partial charge < -0.3 is 14.7 Å². The minimum absolute atomic E-state index is 0.0748. The highest BCUT2D eigenvalue weighted by molar-refractivity contribution is 7.99. The number of ether oxygens (including phenoxy) is 1. The molecule has 2 aliphatic carbocycles. The topological polar surface area (TPSA) is 85.3 Å². The van der Waals surface area contributed by atoms with Crippen LogP contribution in [0.5, 0.6) is 5.75 Å². The first kappa shape index (κ1) is 36.7. The lowest BCUT2D eigenvalue weighted by atomic mass is 9.62. The lowest BCUT2D eigenvalue weighted by Gasteiger charge is -2.53. The summed E-state index contributed by atoms with van der Waals surface area (Å²) < 4.78 is 23.6. The average Bonchev–Trinajstić information content (AvgIpc) is 3.25. The number of β-amino-alcohol motifs (C(OH)–C–C–N with tert-alkyl or cyclic N) is 1. The van der Waals surface area contributed by atoms with Gasteiger partial charge in [-0.05, 0) is 136 Å². The second-order valence-corrected chi connectivity index (χ2v) is 20.3. The molecule has 4 aliphatic heterocycles. The molecule has 2 aromatic rings. The van der Waals surface area contributed by atoms with E-state index in [2.05, 4.69) is 44.3 Å². The summed E-state index contributed by atoms with van der Waals surface area (Å²) in [5.41, 5.74) is 2.93. The van der Waals surface area contributed by atoms with Gasteiger partial charge in [0.1, 0.15) is 5.75 Å². The lowest BCUT2D eigenvalue weighted by Crippen LogP contribution is -2.61. The van der Waals surface area contributed by atoms with Crippen LogP contribution in [0, 0.1) is 17.8 Å². The van der Waals surface area contributed by atoms with Gasteiger partial charge in [-0.2, -0.15) is 0 Å². The fourth-order valence-electron chi connectivity index (χ4n) is 10.8. The first-order valence-electron chi connectivity index (χ1n) is 20.1. The quantitative estimate of drug-likeness (QED) is 0.349. The van der Waals surface area contributed by atoms with Crippen molar-refractivity contribution >= 4 is 38.8 Å². The third-order valence-electron chi connectivity index (χ3n) is 14.2. The van der Waals surface area contributed by atoms with E-state index in [0.717, 1.165) is 101 Å². The van der Waals surface area contributed by atoms with E-state index in [1.807, 2.05) is 25.1 Å². The second kappa shape index (κ2) is 14.4. The van der Waals surface area contributed by atoms with Gasteiger partial charge in [0.15, 0.2) is 0 Å². The van der Waals surface area contributed by atoms with E-state index in [1.165, 1.54) is 36.9 Å². The number of fused-ring (bicyclic) bond motifs is 5. The number of carbonyl (C=O) groups is 1. The molecule has 0 radical (unpaired) electrons. The van der Waals surface area contributed by atoms with E-state index in [4.69, 9.17) is 16.3 Å². The summed E-state index contributed by atoms with van der Waals surface area (Å²) in [7, 11) is -2.94. The van der Waals surface area contributed by atoms with Crippen molar-refractivity contribution in [1.29, 1.82) is 0 Å². The third-order valence-corrected chi connectivity index (χ3v) is 16.6. The molecule has 0 aromatic heterocycles. The van der Waals surface area contributed by atoms with Gasteiger partial charge >= 0.3 is 0 Å². The molecule has 8 rings (SSSR count). The van der Waals surface area contributed by atoms with Crippen molar-refractivity contribution in [1.82, 2.24) is 14.5 Å². The molecule has 10 heteroatoms. The highest BCUT2D eigenvalue weighted by Crippen LogP contribution is 2.49. The maximum absolute atomic E-state index is 14.0. The van der Waals surface area contributed by atoms with Gasteiger partial charge in [0.05, 0.1) is 27.6 Å². The Morgan fingerprint density at radius 2 is 1.87 bits per heavy atom. The SMILES string of the molecule is C=S1(=O)NC(=O)c2ccc3c(c2)N(C[C@@H]2CC[C@H]2[C@](O)(CN2CCN4CCCC[C@H]4C2)CCC[C@H](C)[C@H]1C)C[C@@]1(CCCc2cc(Cl)ccc21)CO3. The Morgan fingerprint density at radius 3 is 2.69 bits per heavy atom. The zero-order chi connectivity index (χ0) is 36.3. The van der Waals surface area contributed by atoms with Gasteiger partial charge in [-0.1, -0.05) is 37.4 Å². The van der Waals surface area contributed by atoms with Crippen molar-refractivity contribution < 1.29 is 18.8 Å². The van der Waals surface area contributed by atoms with E-state index < -0.39 is 15.3 Å². The Kier molecular flexibility index (Phi) is 10.2. The Morgan fingerprint density at radius 1 is 1.00 bits per heavy atom. The number of rotatable bonds is 2. The minimum Gasteiger partial charge on any atom is -0.490 e. The van der Waals surface area contributed by atoms with Crippen molar-refractivity contribution in [2.45, 2.75) is 107 Å². The van der Waals surface area contributed by atoms with Crippen LogP contribution in [0.15, 0.2) is 36.4 Å². The van der Waals surface area contributed by atoms with Crippen molar-refractivity contribution in [2.75, 3.05) is 57.3 Å². The molecule has 284 valence electrons. The summed E-state index contributed by atoms with van der Waals surface area (Å²) in [5.74, 6) is 5.06. The van der Waals surface area contributed by atoms with Crippen LogP contribution in [0.3, 0.4) is 0 Å². The fourth-order valence-corrected chi connectivity index (χ4v) is 12.5. The van der Waals surface area contributed by atoms with Crippen molar-refractivity contribution in [3.05, 3.63) is 58.1 Å². The normalized spacial score (nSPS) is 37.4. The number of nitrogens with one attached hydrogen (secondary N) is 1. The number of halogens is 1. The first-order valence-corrected chi connectivity index (χ1v) is 22.3. The number of amides is 1. The van der Waals surface area contributed by atoms with Gasteiger partial charge in [0, 0.05) is 66.6 Å². The van der Waals surface area contributed by atoms with Crippen LogP contribution in [0.1, 0.15) is 99.5 Å². The number of carbonyl (C=O) groups excluding carboxylic acids is 1. The summed E-state index contributed by atoms with van der Waals surface area (Å²) in [6.45, 7) is 11.2. The molecular formula is C42H59ClN4O4S. The van der Waals surface area contributed by atoms with Crippen molar-refractivity contribution in [3.8, 4) is 5.75 Å². The van der Waals surface area contributed by atoms with Crippen molar-refractivity contribution in [3.63, 3.8) is 0 Å². The molecule has 1 spiro atoms. The summed E-state index contributed by atoms with van der Waals surface area (Å²) in [6.07, 6.45) is 11.4. The lowest BCUT2D eigenvalue weighted by molar-refractivity contribution is -0.114. The largest absolute Gasteiger partial charge is 0.490 e. The maximum Gasteiger partial charge on any atom is 0.262 e. The molecule has 2 bridgehead atoms. The highest BCUT2D eigenvalue weighted by atomic mass is 35.5. The standard InChI is InChI=1S/C42H59ClN4O4S/c1-29-8-6-18-42(49,27-45-20-21-46-19-5-4-10-35(46)25-45)37-14-11-33(37)24-47-26-41(17-7-9-31-22-34(43)13-15-36(31)41)28-51-39-16-12-32(23-38(39)47)40(48)44-52(3,50)30(29)2/h12-13,15-16,22-23,29-30,33,35,37,49H,3-11,14,17-21,24-28H2,1-2H3,(H,44,48,50)/t29-,30+,33-,35-,37+,41-,42+,52?/m0/s1. The van der Waals surface area contributed by atoms with Gasteiger partial charge in [0.25, 0.3) is 5.91 Å². The molecule has 2 aromatic carbocycles. The van der Waals surface area contributed by atoms with Crippen molar-refractivity contribution in [2.24, 2.45) is 17.8 Å². The Labute approximate surface area is 316 Å². The van der Waals surface area contributed by atoms with E-state index in [0.29, 0.717) is 30.7 Å². The number of aryl methyl sites for hydroxylation is 1. The third kappa shape index (κ3) is 7.02. The van der Waals surface area contributed by atoms with Crippen LogP contribution in [-0.4, -0.2) is 100 Å². The Balaban J connectivity index is 1.16. The highest BCUT2D eigenvalue weighted by Gasteiger charge is 2.50. The number of anilines is 1. The van der Waals surface area contributed by atoms with E-state index >= 15 is 0 Å². The molecule has 4 heterocycles. The molecule has 52 heavy (non-hydrogen) atoms. The number of hydrogen-bond donors (Lipinski definition) is 2. The minimum atomic E-state index is -2.94. The molecular weight excluding hydrogens is 692 g/mol. The number of aliphatic hydroxyl groups is 1. The van der Waals surface area contributed by atoms with Gasteiger partial charge in [-0.3, -0.25) is 19.3 Å². The number of benzene rings is 2. The summed E-state index contributed by atoms with van der Waals surface area (Å²) >= 11 is 6.51. The summed E-state index contributed by atoms with van der Waals surface area (Å²) in [4.78, 5) is 21.5. The van der Waals surface area contributed by atoms with Crippen LogP contribution in [0.25, 0.3) is 0 Å². The van der Waals surface area contributed by atoms with E-state index in [1.54, 1.807) is 6.07 Å². The maximum atomic E-state index is 14.0. The molecule has 8 nitrogen and oxygen atoms in total. The van der Waals surface area contributed by atoms with Crippen LogP contribution >= 0.6 is 11.6 Å². The molecule has 6 aliphatic rings. The van der Waals surface area contributed by atoms with Gasteiger partial charge in [0.2, 0.25) is 0 Å². The molecule has 3 fully saturated rings. The Bertz CT molecular complexity index is 1770. The molecule has 8 atom stereocenters. The monoisotopic (exact) mass is 750 g/mol. The molecule has 2 saturated heterocycles. The Hall–Kier alpha value is -2.30. The zero-order valence-electron chi connectivity index (χ0n) is 31.3. The van der Waals surface area contributed by atoms with Gasteiger partial charge in [-0.15, -0.1) is 0 Å². The second-order valence-electron chi connectivity index (χ2n) is 17.5. The fraction of sp³-hybridized carbons (Fsp3) is 0.667. The molecule has 1 saturated carbocycles. The molecule has 1 unspecified atom stereocenters. The van der Waals surface area contributed by atoms with E-state index in [-0.39, 0.29) is 28.4 Å². The molecule has 2 N–H and O–H groups in total. The zero-order valence-corrected chi connectivity index (χ0v) is 32.9. The first-order chi connectivity index (χ1) is 24.9. The van der Waals surface area contributed by atoms with Crippen LogP contribution < -0.4 is 14.4 Å². The van der Waals surface area contributed by atoms with Crippen LogP contribution in [0.2, 0.25) is 5.02 Å². The van der Waals surface area contributed by atoms with Crippen LogP contribution in [0.4, 0.5) is 5.69 Å². The number of piperazine rings is 1. The summed E-state index contributed by atoms with van der Waals surface area (Å²) in [6, 6.07) is 12.6. The molecule has 1 amide bonds.